The van der Waals surface area contributed by atoms with E-state index < -0.39 is 10.0 Å². The van der Waals surface area contributed by atoms with Crippen LogP contribution < -0.4 is 10.5 Å². The third kappa shape index (κ3) is 3.55. The van der Waals surface area contributed by atoms with Gasteiger partial charge in [0, 0.05) is 11.1 Å². The van der Waals surface area contributed by atoms with Crippen molar-refractivity contribution in [1.82, 2.24) is 10.2 Å². The van der Waals surface area contributed by atoms with Crippen LogP contribution in [0.25, 0.3) is 10.9 Å². The quantitative estimate of drug-likeness (QED) is 0.673. The summed E-state index contributed by atoms with van der Waals surface area (Å²) >= 11 is 0. The lowest BCUT2D eigenvalue weighted by molar-refractivity contribution is 0.102. The third-order valence-corrected chi connectivity index (χ3v) is 4.01. The van der Waals surface area contributed by atoms with E-state index in [0.29, 0.717) is 22.3 Å². The smallest absolute Gasteiger partial charge is 0.257 e. The molecule has 0 saturated carbocycles. The Kier molecular flexibility index (Phi) is 3.85. The van der Waals surface area contributed by atoms with Crippen LogP contribution in [0.4, 0.5) is 5.69 Å². The van der Waals surface area contributed by atoms with Crippen molar-refractivity contribution >= 4 is 32.5 Å². The minimum atomic E-state index is -3.62. The predicted octanol–water partition coefficient (Wildman–Crippen LogP) is 1.60. The van der Waals surface area contributed by atoms with E-state index in [1.807, 2.05) is 6.07 Å². The Bertz CT molecular complexity index is 979. The van der Waals surface area contributed by atoms with Crippen molar-refractivity contribution in [2.75, 3.05) is 5.32 Å². The van der Waals surface area contributed by atoms with Crippen molar-refractivity contribution in [1.29, 1.82) is 0 Å². The molecule has 0 aliphatic rings. The van der Waals surface area contributed by atoms with E-state index in [1.165, 1.54) is 0 Å². The summed E-state index contributed by atoms with van der Waals surface area (Å²) in [5.41, 5.74) is 2.10. The summed E-state index contributed by atoms with van der Waals surface area (Å²) in [5.74, 6) is -0.597. The zero-order valence-corrected chi connectivity index (χ0v) is 12.8. The van der Waals surface area contributed by atoms with Crippen molar-refractivity contribution in [2.24, 2.45) is 5.14 Å². The number of H-pyrrole nitrogens is 1. The number of fused-ring (bicyclic) bond motifs is 1. The van der Waals surface area contributed by atoms with Gasteiger partial charge < -0.3 is 5.32 Å². The monoisotopic (exact) mass is 330 g/mol. The van der Waals surface area contributed by atoms with Crippen LogP contribution >= 0.6 is 0 Å². The Morgan fingerprint density at radius 2 is 2.00 bits per heavy atom. The molecule has 0 aliphatic heterocycles. The Balaban J connectivity index is 1.86. The number of aromatic nitrogens is 2. The number of hydrogen-bond acceptors (Lipinski definition) is 4. The van der Waals surface area contributed by atoms with Crippen LogP contribution in [0, 0.1) is 0 Å². The molecule has 2 aromatic carbocycles. The number of aromatic amines is 1. The number of anilines is 1. The minimum absolute atomic E-state index is 0.285. The molecule has 3 rings (SSSR count). The number of nitrogens with two attached hydrogens (primary N) is 1. The van der Waals surface area contributed by atoms with E-state index in [9.17, 15) is 13.2 Å². The van der Waals surface area contributed by atoms with Gasteiger partial charge in [-0.15, -0.1) is 0 Å². The van der Waals surface area contributed by atoms with Crippen LogP contribution in [0.5, 0.6) is 0 Å². The average molecular weight is 330 g/mol. The largest absolute Gasteiger partial charge is 0.322 e. The predicted molar refractivity (Wildman–Crippen MR) is 87.3 cm³/mol. The first-order valence-corrected chi connectivity index (χ1v) is 8.47. The maximum Gasteiger partial charge on any atom is 0.257 e. The van der Waals surface area contributed by atoms with Crippen LogP contribution in [-0.2, 0) is 15.8 Å². The van der Waals surface area contributed by atoms with E-state index >= 15 is 0 Å². The highest BCUT2D eigenvalue weighted by atomic mass is 32.2. The molecule has 0 unspecified atom stereocenters. The lowest BCUT2D eigenvalue weighted by atomic mass is 10.1. The second-order valence-corrected chi connectivity index (χ2v) is 6.72. The Hall–Kier alpha value is -2.71. The molecule has 0 bridgehead atoms. The standard InChI is InChI=1S/C15H14N4O3S/c16-23(21,22)9-10-3-1-5-12(7-10)18-15(20)13-6-2-4-11-8-17-19-14(11)13/h1-8H,9H2,(H,17,19)(H,18,20)(H2,16,21,22). The van der Waals surface area contributed by atoms with Gasteiger partial charge in [0.25, 0.3) is 5.91 Å². The second kappa shape index (κ2) is 5.82. The van der Waals surface area contributed by atoms with E-state index in [1.54, 1.807) is 42.6 Å². The minimum Gasteiger partial charge on any atom is -0.322 e. The highest BCUT2D eigenvalue weighted by Gasteiger charge is 2.12. The summed E-state index contributed by atoms with van der Waals surface area (Å²) in [6.45, 7) is 0. The van der Waals surface area contributed by atoms with E-state index in [-0.39, 0.29) is 11.7 Å². The van der Waals surface area contributed by atoms with Gasteiger partial charge in [0.1, 0.15) is 0 Å². The second-order valence-electron chi connectivity index (χ2n) is 5.10. The van der Waals surface area contributed by atoms with Crippen molar-refractivity contribution in [3.63, 3.8) is 0 Å². The van der Waals surface area contributed by atoms with Gasteiger partial charge >= 0.3 is 0 Å². The number of hydrogen-bond donors (Lipinski definition) is 3. The molecule has 4 N–H and O–H groups in total. The van der Waals surface area contributed by atoms with Crippen LogP contribution in [-0.4, -0.2) is 24.5 Å². The summed E-state index contributed by atoms with van der Waals surface area (Å²) in [6.07, 6.45) is 1.64. The molecule has 0 aliphatic carbocycles. The fourth-order valence-electron chi connectivity index (χ4n) is 2.33. The number of rotatable bonds is 4. The Morgan fingerprint density at radius 1 is 1.22 bits per heavy atom. The number of primary sulfonamides is 1. The molecular formula is C15H14N4O3S. The fourth-order valence-corrected chi connectivity index (χ4v) is 2.97. The molecule has 1 heterocycles. The summed E-state index contributed by atoms with van der Waals surface area (Å²) < 4.78 is 22.3. The van der Waals surface area contributed by atoms with Crippen molar-refractivity contribution in [2.45, 2.75) is 5.75 Å². The topological polar surface area (TPSA) is 118 Å². The SMILES string of the molecule is NS(=O)(=O)Cc1cccc(NC(=O)c2cccc3cn[nH]c23)c1. The van der Waals surface area contributed by atoms with Gasteiger partial charge in [0.15, 0.2) is 0 Å². The molecule has 0 atom stereocenters. The lowest BCUT2D eigenvalue weighted by Gasteiger charge is -2.08. The van der Waals surface area contributed by atoms with Gasteiger partial charge in [-0.25, -0.2) is 13.6 Å². The molecule has 1 amide bonds. The number of para-hydroxylation sites is 1. The summed E-state index contributed by atoms with van der Waals surface area (Å²) in [7, 11) is -3.62. The first-order chi connectivity index (χ1) is 10.9. The van der Waals surface area contributed by atoms with Crippen molar-refractivity contribution < 1.29 is 13.2 Å². The maximum atomic E-state index is 12.4. The molecule has 0 saturated heterocycles. The van der Waals surface area contributed by atoms with Gasteiger partial charge in [0.2, 0.25) is 10.0 Å². The number of nitrogens with zero attached hydrogens (tertiary/aromatic N) is 1. The first kappa shape index (κ1) is 15.2. The van der Waals surface area contributed by atoms with Gasteiger partial charge in [-0.2, -0.15) is 5.10 Å². The van der Waals surface area contributed by atoms with Crippen molar-refractivity contribution in [3.05, 3.63) is 59.8 Å². The van der Waals surface area contributed by atoms with E-state index in [4.69, 9.17) is 5.14 Å². The fraction of sp³-hybridized carbons (Fsp3) is 0.0667. The highest BCUT2D eigenvalue weighted by Crippen LogP contribution is 2.18. The van der Waals surface area contributed by atoms with Gasteiger partial charge in [-0.3, -0.25) is 9.89 Å². The highest BCUT2D eigenvalue weighted by molar-refractivity contribution is 7.88. The Morgan fingerprint density at radius 3 is 2.78 bits per heavy atom. The number of amides is 1. The molecular weight excluding hydrogens is 316 g/mol. The zero-order chi connectivity index (χ0) is 16.4. The summed E-state index contributed by atoms with van der Waals surface area (Å²) in [6, 6.07) is 11.9. The maximum absolute atomic E-state index is 12.4. The summed E-state index contributed by atoms with van der Waals surface area (Å²) in [4.78, 5) is 12.4. The lowest BCUT2D eigenvalue weighted by Crippen LogP contribution is -2.15. The molecule has 3 aromatic rings. The number of carbonyl (C=O) groups excluding carboxylic acids is 1. The van der Waals surface area contributed by atoms with E-state index in [2.05, 4.69) is 15.5 Å². The first-order valence-electron chi connectivity index (χ1n) is 6.75. The third-order valence-electron chi connectivity index (χ3n) is 3.27. The van der Waals surface area contributed by atoms with Crippen LogP contribution in [0.3, 0.4) is 0 Å². The van der Waals surface area contributed by atoms with Crippen molar-refractivity contribution in [3.8, 4) is 0 Å². The molecule has 1 aromatic heterocycles. The Labute approximate surface area is 132 Å². The average Bonchev–Trinajstić information content (AvgIpc) is 2.93. The molecule has 23 heavy (non-hydrogen) atoms. The molecule has 8 heteroatoms. The van der Waals surface area contributed by atoms with Gasteiger partial charge in [0.05, 0.1) is 23.0 Å². The number of carbonyl (C=O) groups is 1. The normalized spacial score (nSPS) is 11.5. The van der Waals surface area contributed by atoms with Crippen LogP contribution in [0.2, 0.25) is 0 Å². The molecule has 0 radical (unpaired) electrons. The van der Waals surface area contributed by atoms with Gasteiger partial charge in [-0.05, 0) is 23.8 Å². The summed E-state index contributed by atoms with van der Waals surface area (Å²) in [5, 5.41) is 15.3. The molecule has 118 valence electrons. The molecule has 7 nitrogen and oxygen atoms in total. The van der Waals surface area contributed by atoms with Crippen LogP contribution in [0.15, 0.2) is 48.7 Å². The van der Waals surface area contributed by atoms with E-state index in [0.717, 1.165) is 5.39 Å². The zero-order valence-electron chi connectivity index (χ0n) is 12.0. The molecule has 0 spiro atoms. The molecule has 0 fully saturated rings. The number of nitrogens with one attached hydrogen (secondary N) is 2. The number of sulfonamides is 1. The van der Waals surface area contributed by atoms with Crippen LogP contribution in [0.1, 0.15) is 15.9 Å². The number of benzene rings is 2. The van der Waals surface area contributed by atoms with Gasteiger partial charge in [-0.1, -0.05) is 24.3 Å².